The van der Waals surface area contributed by atoms with Gasteiger partial charge in [-0.05, 0) is 19.1 Å². The van der Waals surface area contributed by atoms with Crippen molar-refractivity contribution in [2.75, 3.05) is 26.2 Å². The lowest BCUT2D eigenvalue weighted by Crippen LogP contribution is -2.63. The van der Waals surface area contributed by atoms with Gasteiger partial charge in [-0.25, -0.2) is 8.78 Å². The quantitative estimate of drug-likeness (QED) is 0.898. The second-order valence-electron chi connectivity index (χ2n) is 7.06. The summed E-state index contributed by atoms with van der Waals surface area (Å²) < 4.78 is 27.6. The number of nitrogens with zero attached hydrogens (tertiary/aromatic N) is 2. The molecule has 1 aromatic rings. The first kappa shape index (κ1) is 17.8. The van der Waals surface area contributed by atoms with E-state index in [1.54, 1.807) is 15.9 Å². The maximum Gasteiger partial charge on any atom is 0.262 e. The van der Waals surface area contributed by atoms with Crippen molar-refractivity contribution in [3.05, 3.63) is 35.4 Å². The Balaban J connectivity index is 1.60. The van der Waals surface area contributed by atoms with Crippen LogP contribution in [0.25, 0.3) is 0 Å². The molecule has 0 saturated carbocycles. The maximum absolute atomic E-state index is 13.8. The van der Waals surface area contributed by atoms with Crippen LogP contribution in [0.3, 0.4) is 0 Å². The lowest BCUT2D eigenvalue weighted by molar-refractivity contribution is -0.119. The number of alkyl halides is 2. The zero-order valence-corrected chi connectivity index (χ0v) is 14.5. The van der Waals surface area contributed by atoms with Gasteiger partial charge in [0.2, 0.25) is 5.91 Å². The van der Waals surface area contributed by atoms with Crippen molar-refractivity contribution in [1.82, 2.24) is 15.1 Å². The van der Waals surface area contributed by atoms with E-state index in [1.165, 1.54) is 6.92 Å². The largest absolute Gasteiger partial charge is 0.355 e. The summed E-state index contributed by atoms with van der Waals surface area (Å²) in [4.78, 5) is 27.0. The van der Waals surface area contributed by atoms with E-state index in [9.17, 15) is 18.4 Å². The second-order valence-corrected chi connectivity index (χ2v) is 7.06. The molecule has 3 rings (SSSR count). The van der Waals surface area contributed by atoms with Crippen molar-refractivity contribution in [3.8, 4) is 0 Å². The Labute approximate surface area is 146 Å². The number of hydrogen-bond acceptors (Lipinski definition) is 3. The minimum Gasteiger partial charge on any atom is -0.355 e. The predicted molar refractivity (Wildman–Crippen MR) is 89.6 cm³/mol. The first-order valence-corrected chi connectivity index (χ1v) is 8.49. The summed E-state index contributed by atoms with van der Waals surface area (Å²) in [6, 6.07) is 6.89. The van der Waals surface area contributed by atoms with Crippen molar-refractivity contribution in [3.63, 3.8) is 0 Å². The molecule has 2 aliphatic rings. The predicted octanol–water partition coefficient (Wildman–Crippen LogP) is 1.67. The normalized spacial score (nSPS) is 23.4. The molecule has 1 N–H and O–H groups in total. The number of carbonyl (C=O) groups excluding carboxylic acids is 2. The van der Waals surface area contributed by atoms with Crippen molar-refractivity contribution in [2.24, 2.45) is 0 Å². The van der Waals surface area contributed by atoms with Gasteiger partial charge in [0.15, 0.2) is 0 Å². The highest BCUT2D eigenvalue weighted by molar-refractivity contribution is 5.95. The van der Waals surface area contributed by atoms with Crippen LogP contribution in [0.15, 0.2) is 24.3 Å². The number of rotatable bonds is 4. The topological polar surface area (TPSA) is 52.7 Å². The van der Waals surface area contributed by atoms with Gasteiger partial charge in [-0.2, -0.15) is 0 Å². The van der Waals surface area contributed by atoms with Crippen molar-refractivity contribution in [1.29, 1.82) is 0 Å². The van der Waals surface area contributed by atoms with Gasteiger partial charge >= 0.3 is 0 Å². The monoisotopic (exact) mass is 351 g/mol. The van der Waals surface area contributed by atoms with Gasteiger partial charge in [0.1, 0.15) is 0 Å². The smallest absolute Gasteiger partial charge is 0.262 e. The van der Waals surface area contributed by atoms with Crippen LogP contribution in [0, 0.1) is 6.92 Å². The standard InChI is InChI=1S/C18H23F2N3O2/c1-12-4-3-5-14(6-12)17(25)22-9-16(10-22)23-11-18(19,20)7-15(23)8-21-13(2)24/h3-6,15-16H,7-11H2,1-2H3,(H,21,24)/t15-/m0/s1. The Kier molecular flexibility index (Phi) is 4.77. The average molecular weight is 351 g/mol. The Morgan fingerprint density at radius 2 is 2.04 bits per heavy atom. The SMILES string of the molecule is CC(=O)NC[C@@H]1CC(F)(F)CN1C1CN(C(=O)c2cccc(C)c2)C1. The number of aryl methyl sites for hydroxylation is 1. The molecule has 2 saturated heterocycles. The van der Waals surface area contributed by atoms with E-state index in [4.69, 9.17) is 0 Å². The third kappa shape index (κ3) is 3.98. The highest BCUT2D eigenvalue weighted by Crippen LogP contribution is 2.35. The van der Waals surface area contributed by atoms with Gasteiger partial charge in [0.25, 0.3) is 11.8 Å². The summed E-state index contributed by atoms with van der Waals surface area (Å²) >= 11 is 0. The molecule has 7 heteroatoms. The first-order chi connectivity index (χ1) is 11.7. The molecule has 2 heterocycles. The van der Waals surface area contributed by atoms with Gasteiger partial charge in [-0.15, -0.1) is 0 Å². The molecule has 136 valence electrons. The van der Waals surface area contributed by atoms with Crippen LogP contribution in [-0.4, -0.2) is 65.8 Å². The molecule has 0 spiro atoms. The number of benzene rings is 1. The van der Waals surface area contributed by atoms with E-state index in [2.05, 4.69) is 5.32 Å². The van der Waals surface area contributed by atoms with Crippen LogP contribution in [-0.2, 0) is 4.79 Å². The number of halogens is 2. The Hall–Kier alpha value is -2.02. The molecule has 2 fully saturated rings. The van der Waals surface area contributed by atoms with Gasteiger partial charge in [0, 0.05) is 50.6 Å². The molecule has 0 aliphatic carbocycles. The number of amides is 2. The zero-order valence-electron chi connectivity index (χ0n) is 14.5. The Bertz CT molecular complexity index is 674. The summed E-state index contributed by atoms with van der Waals surface area (Å²) in [5.74, 6) is -3.03. The van der Waals surface area contributed by atoms with Crippen molar-refractivity contribution < 1.29 is 18.4 Å². The van der Waals surface area contributed by atoms with Crippen LogP contribution in [0.1, 0.15) is 29.3 Å². The molecule has 2 aliphatic heterocycles. The van der Waals surface area contributed by atoms with Crippen molar-refractivity contribution >= 4 is 11.8 Å². The number of carbonyl (C=O) groups is 2. The van der Waals surface area contributed by atoms with E-state index in [0.717, 1.165) is 5.56 Å². The molecule has 2 amide bonds. The molecule has 0 unspecified atom stereocenters. The van der Waals surface area contributed by atoms with E-state index in [0.29, 0.717) is 18.7 Å². The second kappa shape index (κ2) is 6.71. The molecule has 25 heavy (non-hydrogen) atoms. The number of nitrogens with one attached hydrogen (secondary N) is 1. The number of likely N-dealkylation sites (tertiary alicyclic amines) is 2. The minimum atomic E-state index is -2.75. The third-order valence-corrected chi connectivity index (χ3v) is 4.89. The average Bonchev–Trinajstić information content (AvgIpc) is 2.78. The highest BCUT2D eigenvalue weighted by atomic mass is 19.3. The lowest BCUT2D eigenvalue weighted by Gasteiger charge is -2.46. The van der Waals surface area contributed by atoms with Crippen LogP contribution in [0.5, 0.6) is 0 Å². The molecule has 0 bridgehead atoms. The number of hydrogen-bond donors (Lipinski definition) is 1. The van der Waals surface area contributed by atoms with Crippen molar-refractivity contribution in [2.45, 2.75) is 38.3 Å². The van der Waals surface area contributed by atoms with Gasteiger partial charge in [-0.1, -0.05) is 17.7 Å². The third-order valence-electron chi connectivity index (χ3n) is 4.89. The van der Waals surface area contributed by atoms with E-state index in [-0.39, 0.29) is 43.4 Å². The first-order valence-electron chi connectivity index (χ1n) is 8.49. The molecular formula is C18H23F2N3O2. The zero-order chi connectivity index (χ0) is 18.2. The molecule has 0 aromatic heterocycles. The van der Waals surface area contributed by atoms with Crippen LogP contribution in [0.2, 0.25) is 0 Å². The summed E-state index contributed by atoms with van der Waals surface area (Å²) in [7, 11) is 0. The fourth-order valence-corrected chi connectivity index (χ4v) is 3.59. The summed E-state index contributed by atoms with van der Waals surface area (Å²) in [6.45, 7) is 4.10. The molecular weight excluding hydrogens is 328 g/mol. The van der Waals surface area contributed by atoms with Crippen LogP contribution >= 0.6 is 0 Å². The molecule has 5 nitrogen and oxygen atoms in total. The summed E-state index contributed by atoms with van der Waals surface area (Å²) in [6.07, 6.45) is -0.254. The molecule has 0 radical (unpaired) electrons. The van der Waals surface area contributed by atoms with Gasteiger partial charge < -0.3 is 10.2 Å². The fraction of sp³-hybridized carbons (Fsp3) is 0.556. The minimum absolute atomic E-state index is 0.0654. The highest BCUT2D eigenvalue weighted by Gasteiger charge is 2.50. The van der Waals surface area contributed by atoms with E-state index >= 15 is 0 Å². The van der Waals surface area contributed by atoms with Gasteiger partial charge in [0.05, 0.1) is 6.54 Å². The Morgan fingerprint density at radius 1 is 1.32 bits per heavy atom. The van der Waals surface area contributed by atoms with Crippen LogP contribution in [0.4, 0.5) is 8.78 Å². The Morgan fingerprint density at radius 3 is 2.68 bits per heavy atom. The lowest BCUT2D eigenvalue weighted by atomic mass is 10.0. The van der Waals surface area contributed by atoms with Gasteiger partial charge in [-0.3, -0.25) is 14.5 Å². The van der Waals surface area contributed by atoms with Crippen LogP contribution < -0.4 is 5.32 Å². The van der Waals surface area contributed by atoms with E-state index < -0.39 is 5.92 Å². The maximum atomic E-state index is 13.8. The molecule has 1 aromatic carbocycles. The molecule has 1 atom stereocenters. The summed E-state index contributed by atoms with van der Waals surface area (Å²) in [5.41, 5.74) is 1.64. The van der Waals surface area contributed by atoms with E-state index in [1.807, 2.05) is 25.1 Å². The summed E-state index contributed by atoms with van der Waals surface area (Å²) in [5, 5.41) is 2.63. The fourth-order valence-electron chi connectivity index (χ4n) is 3.59.